The van der Waals surface area contributed by atoms with Crippen molar-refractivity contribution in [2.45, 2.75) is 32.5 Å². The van der Waals surface area contributed by atoms with E-state index < -0.39 is 12.7 Å². The van der Waals surface area contributed by atoms with Crippen LogP contribution in [-0.2, 0) is 4.79 Å². The maximum atomic E-state index is 12.0. The van der Waals surface area contributed by atoms with Crippen LogP contribution in [0.15, 0.2) is 24.3 Å². The van der Waals surface area contributed by atoms with Gasteiger partial charge in [-0.3, -0.25) is 4.79 Å². The number of ether oxygens (including phenoxy) is 1. The van der Waals surface area contributed by atoms with E-state index >= 15 is 0 Å². The number of aliphatic hydroxyl groups excluding tert-OH is 1. The number of halogens is 2. The summed E-state index contributed by atoms with van der Waals surface area (Å²) in [7, 11) is 0. The molecule has 1 unspecified atom stereocenters. The minimum absolute atomic E-state index is 0.0154. The fourth-order valence-corrected chi connectivity index (χ4v) is 1.31. The van der Waals surface area contributed by atoms with Crippen molar-refractivity contribution in [1.29, 1.82) is 0 Å². The van der Waals surface area contributed by atoms with Gasteiger partial charge in [0.15, 0.2) is 0 Å². The summed E-state index contributed by atoms with van der Waals surface area (Å²) in [6.07, 6.45) is -0.0410. The van der Waals surface area contributed by atoms with E-state index in [9.17, 15) is 13.6 Å². The summed E-state index contributed by atoms with van der Waals surface area (Å²) in [6.45, 7) is -1.31. The number of carbonyl (C=O) groups excluding carboxylic acids is 1. The Balaban J connectivity index is 2.53. The molecule has 100 valence electrons. The van der Waals surface area contributed by atoms with Crippen molar-refractivity contribution >= 4 is 11.6 Å². The lowest BCUT2D eigenvalue weighted by atomic mass is 10.2. The number of nitrogens with one attached hydrogen (secondary N) is 1. The molecule has 4 nitrogen and oxygen atoms in total. The predicted molar refractivity (Wildman–Crippen MR) is 62.6 cm³/mol. The first-order valence-corrected chi connectivity index (χ1v) is 5.50. The maximum Gasteiger partial charge on any atom is 0.387 e. The number of benzene rings is 1. The summed E-state index contributed by atoms with van der Waals surface area (Å²) in [5.41, 5.74) is 0.378. The third-order valence-corrected chi connectivity index (χ3v) is 2.13. The number of anilines is 1. The van der Waals surface area contributed by atoms with Gasteiger partial charge in [0.05, 0.1) is 6.10 Å². The second-order valence-corrected chi connectivity index (χ2v) is 3.84. The molecule has 0 aliphatic rings. The Morgan fingerprint density at radius 2 is 2.22 bits per heavy atom. The Hall–Kier alpha value is -1.69. The van der Waals surface area contributed by atoms with E-state index in [0.29, 0.717) is 12.1 Å². The van der Waals surface area contributed by atoms with Crippen molar-refractivity contribution in [3.05, 3.63) is 24.3 Å². The van der Waals surface area contributed by atoms with Gasteiger partial charge in [-0.2, -0.15) is 8.78 Å². The molecule has 6 heteroatoms. The number of hydrogen-bond acceptors (Lipinski definition) is 3. The standard InChI is InChI=1S/C12H15F2NO3/c1-8(16)5-6-11(17)15-9-3-2-4-10(7-9)18-12(13)14/h2-4,7-8,12,16H,5-6H2,1H3,(H,15,17). The van der Waals surface area contributed by atoms with E-state index in [1.54, 1.807) is 13.0 Å². The van der Waals surface area contributed by atoms with Crippen LogP contribution in [0.1, 0.15) is 19.8 Å². The molecule has 1 atom stereocenters. The van der Waals surface area contributed by atoms with Gasteiger partial charge in [0, 0.05) is 18.2 Å². The van der Waals surface area contributed by atoms with Crippen molar-refractivity contribution in [1.82, 2.24) is 0 Å². The molecule has 0 bridgehead atoms. The Morgan fingerprint density at radius 3 is 2.83 bits per heavy atom. The molecule has 0 radical (unpaired) electrons. The van der Waals surface area contributed by atoms with Gasteiger partial charge >= 0.3 is 6.61 Å². The maximum absolute atomic E-state index is 12.0. The topological polar surface area (TPSA) is 58.6 Å². The number of carbonyl (C=O) groups is 1. The molecule has 1 aromatic carbocycles. The van der Waals surface area contributed by atoms with Crippen LogP contribution in [0.25, 0.3) is 0 Å². The first-order chi connectivity index (χ1) is 8.47. The average molecular weight is 259 g/mol. The van der Waals surface area contributed by atoms with Gasteiger partial charge in [-0.15, -0.1) is 0 Å². The Morgan fingerprint density at radius 1 is 1.50 bits per heavy atom. The van der Waals surface area contributed by atoms with E-state index in [2.05, 4.69) is 10.1 Å². The highest BCUT2D eigenvalue weighted by atomic mass is 19.3. The molecule has 0 fully saturated rings. The molecular formula is C12H15F2NO3. The van der Waals surface area contributed by atoms with Crippen LogP contribution in [-0.4, -0.2) is 23.7 Å². The second-order valence-electron chi connectivity index (χ2n) is 3.84. The second kappa shape index (κ2) is 6.90. The highest BCUT2D eigenvalue weighted by Gasteiger charge is 2.07. The van der Waals surface area contributed by atoms with Gasteiger partial charge in [0.25, 0.3) is 0 Å². The summed E-state index contributed by atoms with van der Waals surface area (Å²) in [5, 5.41) is 11.6. The van der Waals surface area contributed by atoms with Gasteiger partial charge in [-0.1, -0.05) is 6.07 Å². The monoisotopic (exact) mass is 259 g/mol. The molecule has 0 aliphatic heterocycles. The smallest absolute Gasteiger partial charge is 0.387 e. The fraction of sp³-hybridized carbons (Fsp3) is 0.417. The van der Waals surface area contributed by atoms with E-state index in [1.165, 1.54) is 18.2 Å². The summed E-state index contributed by atoms with van der Waals surface area (Å²) >= 11 is 0. The van der Waals surface area contributed by atoms with Crippen molar-refractivity contribution in [3.8, 4) is 5.75 Å². The minimum atomic E-state index is -2.90. The van der Waals surface area contributed by atoms with Crippen molar-refractivity contribution < 1.29 is 23.4 Å². The van der Waals surface area contributed by atoms with Crippen LogP contribution >= 0.6 is 0 Å². The molecule has 0 aromatic heterocycles. The number of hydrogen-bond donors (Lipinski definition) is 2. The third kappa shape index (κ3) is 5.58. The van der Waals surface area contributed by atoms with E-state index in [1.807, 2.05) is 0 Å². The predicted octanol–water partition coefficient (Wildman–Crippen LogP) is 2.39. The van der Waals surface area contributed by atoms with E-state index in [0.717, 1.165) is 0 Å². The number of rotatable bonds is 6. The Kier molecular flexibility index (Phi) is 5.51. The molecule has 0 spiro atoms. The number of aliphatic hydroxyl groups is 1. The van der Waals surface area contributed by atoms with Crippen LogP contribution in [0.2, 0.25) is 0 Å². The Labute approximate surface area is 104 Å². The molecule has 2 N–H and O–H groups in total. The van der Waals surface area contributed by atoms with Gasteiger partial charge in [-0.05, 0) is 25.5 Å². The van der Waals surface area contributed by atoms with E-state index in [-0.39, 0.29) is 18.1 Å². The zero-order valence-electron chi connectivity index (χ0n) is 9.90. The first-order valence-electron chi connectivity index (χ1n) is 5.50. The van der Waals surface area contributed by atoms with Gasteiger partial charge < -0.3 is 15.2 Å². The number of amides is 1. The average Bonchev–Trinajstić information content (AvgIpc) is 2.26. The largest absolute Gasteiger partial charge is 0.435 e. The van der Waals surface area contributed by atoms with Gasteiger partial charge in [-0.25, -0.2) is 0 Å². The molecule has 0 aliphatic carbocycles. The summed E-state index contributed by atoms with van der Waals surface area (Å²) in [6, 6.07) is 5.75. The summed E-state index contributed by atoms with van der Waals surface area (Å²) in [4.78, 5) is 11.4. The SMILES string of the molecule is CC(O)CCC(=O)Nc1cccc(OC(F)F)c1. The van der Waals surface area contributed by atoms with Crippen molar-refractivity contribution in [2.75, 3.05) is 5.32 Å². The highest BCUT2D eigenvalue weighted by Crippen LogP contribution is 2.19. The molecule has 0 saturated heterocycles. The highest BCUT2D eigenvalue weighted by molar-refractivity contribution is 5.90. The molecule has 0 saturated carbocycles. The quantitative estimate of drug-likeness (QED) is 0.824. The van der Waals surface area contributed by atoms with Crippen LogP contribution < -0.4 is 10.1 Å². The normalized spacial score (nSPS) is 12.3. The van der Waals surface area contributed by atoms with E-state index in [4.69, 9.17) is 5.11 Å². The number of alkyl halides is 2. The molecule has 18 heavy (non-hydrogen) atoms. The fourth-order valence-electron chi connectivity index (χ4n) is 1.31. The zero-order valence-corrected chi connectivity index (χ0v) is 9.90. The first kappa shape index (κ1) is 14.4. The molecule has 1 aromatic rings. The van der Waals surface area contributed by atoms with Crippen molar-refractivity contribution in [2.24, 2.45) is 0 Å². The van der Waals surface area contributed by atoms with Gasteiger partial charge in [0.2, 0.25) is 5.91 Å². The summed E-state index contributed by atoms with van der Waals surface area (Å²) in [5.74, 6) is -0.302. The van der Waals surface area contributed by atoms with Gasteiger partial charge in [0.1, 0.15) is 5.75 Å². The minimum Gasteiger partial charge on any atom is -0.435 e. The zero-order chi connectivity index (χ0) is 13.5. The summed E-state index contributed by atoms with van der Waals surface area (Å²) < 4.78 is 28.2. The lowest BCUT2D eigenvalue weighted by Crippen LogP contribution is -2.14. The third-order valence-electron chi connectivity index (χ3n) is 2.13. The lowest BCUT2D eigenvalue weighted by molar-refractivity contribution is -0.116. The Bertz CT molecular complexity index is 397. The van der Waals surface area contributed by atoms with Crippen LogP contribution in [0.3, 0.4) is 0 Å². The molecule has 1 rings (SSSR count). The molecule has 0 heterocycles. The van der Waals surface area contributed by atoms with Crippen LogP contribution in [0, 0.1) is 0 Å². The van der Waals surface area contributed by atoms with Crippen molar-refractivity contribution in [3.63, 3.8) is 0 Å². The van der Waals surface area contributed by atoms with Crippen LogP contribution in [0.5, 0.6) is 5.75 Å². The molecular weight excluding hydrogens is 244 g/mol. The molecule has 1 amide bonds. The van der Waals surface area contributed by atoms with Crippen LogP contribution in [0.4, 0.5) is 14.5 Å². The lowest BCUT2D eigenvalue weighted by Gasteiger charge is -2.09.